The number of fused-ring (bicyclic) bond motifs is 2. The van der Waals surface area contributed by atoms with Crippen LogP contribution < -0.4 is 21.7 Å². The van der Waals surface area contributed by atoms with Crippen molar-refractivity contribution < 1.29 is 46.0 Å². The molecule has 0 amide bonds. The summed E-state index contributed by atoms with van der Waals surface area (Å²) in [4.78, 5) is 26.3. The molecule has 0 fully saturated rings. The van der Waals surface area contributed by atoms with Crippen molar-refractivity contribution in [2.75, 3.05) is 27.7 Å². The lowest BCUT2D eigenvalue weighted by Crippen LogP contribution is -3.00. The Morgan fingerprint density at radius 2 is 1.31 bits per heavy atom. The van der Waals surface area contributed by atoms with E-state index in [1.54, 1.807) is 12.1 Å². The monoisotopic (exact) mass is 547 g/mol. The van der Waals surface area contributed by atoms with Crippen molar-refractivity contribution in [2.24, 2.45) is 0 Å². The van der Waals surface area contributed by atoms with Crippen LogP contribution in [0.25, 0.3) is 0 Å². The van der Waals surface area contributed by atoms with Crippen molar-refractivity contribution in [3.05, 3.63) is 52.1 Å². The zero-order valence-electron chi connectivity index (χ0n) is 21.3. The van der Waals surface area contributed by atoms with E-state index in [1.807, 2.05) is 0 Å². The van der Waals surface area contributed by atoms with E-state index in [0.29, 0.717) is 12.3 Å². The summed E-state index contributed by atoms with van der Waals surface area (Å²) in [6.45, 7) is 3.86. The van der Waals surface area contributed by atoms with Gasteiger partial charge >= 0.3 is 0 Å². The summed E-state index contributed by atoms with van der Waals surface area (Å²) in [5.74, 6) is -1.21. The number of hydrogen-bond acceptors (Lipinski definition) is 5. The summed E-state index contributed by atoms with van der Waals surface area (Å²) in [6.07, 6.45) is 10.1. The van der Waals surface area contributed by atoms with Gasteiger partial charge < -0.3 is 36.4 Å². The van der Waals surface area contributed by atoms with E-state index in [9.17, 15) is 19.8 Å². The zero-order chi connectivity index (χ0) is 24.9. The van der Waals surface area contributed by atoms with Crippen molar-refractivity contribution >= 4 is 11.6 Å². The normalized spacial score (nSPS) is 12.7. The maximum Gasteiger partial charge on any atom is 0.201 e. The van der Waals surface area contributed by atoms with Gasteiger partial charge in [-0.25, -0.2) is 0 Å². The fraction of sp³-hybridized carbons (Fsp3) is 0.500. The van der Waals surface area contributed by atoms with Gasteiger partial charge in [0.2, 0.25) is 5.78 Å². The lowest BCUT2D eigenvalue weighted by atomic mass is 9.82. The second-order valence-electron chi connectivity index (χ2n) is 10.1. The van der Waals surface area contributed by atoms with Crippen LogP contribution in [0.1, 0.15) is 95.7 Å². The van der Waals surface area contributed by atoms with Crippen LogP contribution >= 0.6 is 0 Å². The number of halogens is 1. The number of ketones is 2. The highest BCUT2D eigenvalue weighted by atomic mass is 79.9. The van der Waals surface area contributed by atoms with Gasteiger partial charge in [0.25, 0.3) is 0 Å². The standard InChI is InChI=1S/C28H37NO5.BrH/c1-5-6-7-8-9-10-11-12-13-29(2,3)18-19-14-21-25(23(30)15-19)28(33)26-22(27(21)32)16-20(34-4)17-24(26)31;/h14-17H,5-13,18H2,1-4H3,(H-,30,31,33);1H. The van der Waals surface area contributed by atoms with Crippen LogP contribution in [0.5, 0.6) is 17.2 Å². The number of benzene rings is 2. The fourth-order valence-corrected chi connectivity index (χ4v) is 4.85. The summed E-state index contributed by atoms with van der Waals surface area (Å²) < 4.78 is 5.87. The number of rotatable bonds is 12. The van der Waals surface area contributed by atoms with E-state index in [0.717, 1.165) is 23.0 Å². The van der Waals surface area contributed by atoms with Gasteiger partial charge in [-0.1, -0.05) is 45.4 Å². The number of nitrogens with zero attached hydrogens (tertiary/aromatic N) is 1. The summed E-state index contributed by atoms with van der Waals surface area (Å²) in [5.41, 5.74) is 0.936. The molecule has 35 heavy (non-hydrogen) atoms. The number of carbonyl (C=O) groups is 2. The van der Waals surface area contributed by atoms with Gasteiger partial charge in [0.15, 0.2) is 5.78 Å². The zero-order valence-corrected chi connectivity index (χ0v) is 22.9. The smallest absolute Gasteiger partial charge is 0.201 e. The van der Waals surface area contributed by atoms with Gasteiger partial charge in [0.05, 0.1) is 38.9 Å². The molecule has 0 aromatic heterocycles. The Morgan fingerprint density at radius 1 is 0.771 bits per heavy atom. The number of aromatic hydroxyl groups is 2. The molecule has 0 heterocycles. The molecule has 0 saturated heterocycles. The highest BCUT2D eigenvalue weighted by molar-refractivity contribution is 6.30. The molecular formula is C28H38BrNO5. The fourth-order valence-electron chi connectivity index (χ4n) is 4.85. The van der Waals surface area contributed by atoms with Crippen LogP contribution in [0.15, 0.2) is 24.3 Å². The van der Waals surface area contributed by atoms with E-state index < -0.39 is 11.6 Å². The van der Waals surface area contributed by atoms with E-state index in [2.05, 4.69) is 21.0 Å². The molecule has 0 spiro atoms. The topological polar surface area (TPSA) is 83.8 Å². The Labute approximate surface area is 219 Å². The molecular weight excluding hydrogens is 510 g/mol. The number of phenolic OH excluding ortho intramolecular Hbond substituents is 2. The van der Waals surface area contributed by atoms with Gasteiger partial charge in [0, 0.05) is 22.8 Å². The first-order chi connectivity index (χ1) is 16.2. The van der Waals surface area contributed by atoms with Gasteiger partial charge in [-0.05, 0) is 31.0 Å². The molecule has 0 bridgehead atoms. The quantitative estimate of drug-likeness (QED) is 0.269. The Bertz CT molecular complexity index is 1060. The Morgan fingerprint density at radius 3 is 1.91 bits per heavy atom. The first kappa shape index (κ1) is 28.9. The van der Waals surface area contributed by atoms with Crippen molar-refractivity contribution in [3.8, 4) is 17.2 Å². The van der Waals surface area contributed by atoms with Gasteiger partial charge in [0.1, 0.15) is 23.8 Å². The van der Waals surface area contributed by atoms with E-state index in [-0.39, 0.29) is 50.7 Å². The number of methoxy groups -OCH3 is 1. The molecule has 0 aliphatic heterocycles. The maximum absolute atomic E-state index is 13.2. The molecule has 1 aliphatic rings. The van der Waals surface area contributed by atoms with Crippen LogP contribution in [0.4, 0.5) is 0 Å². The summed E-state index contributed by atoms with van der Waals surface area (Å²) in [7, 11) is 5.71. The Hall–Kier alpha value is -2.38. The van der Waals surface area contributed by atoms with Gasteiger partial charge in [-0.15, -0.1) is 0 Å². The molecule has 6 nitrogen and oxygen atoms in total. The highest BCUT2D eigenvalue weighted by Crippen LogP contribution is 2.39. The third kappa shape index (κ3) is 6.85. The second-order valence-corrected chi connectivity index (χ2v) is 10.1. The minimum absolute atomic E-state index is 0. The van der Waals surface area contributed by atoms with Crippen molar-refractivity contribution in [1.82, 2.24) is 0 Å². The van der Waals surface area contributed by atoms with Crippen LogP contribution in [-0.4, -0.2) is 54.0 Å². The average Bonchev–Trinajstić information content (AvgIpc) is 2.78. The lowest BCUT2D eigenvalue weighted by Gasteiger charge is -2.30. The second kappa shape index (κ2) is 12.5. The lowest BCUT2D eigenvalue weighted by molar-refractivity contribution is -0.903. The minimum Gasteiger partial charge on any atom is -1.00 e. The predicted octanol–water partition coefficient (Wildman–Crippen LogP) is 2.60. The molecule has 0 unspecified atom stereocenters. The largest absolute Gasteiger partial charge is 1.00 e. The summed E-state index contributed by atoms with van der Waals surface area (Å²) in [5, 5.41) is 21.0. The molecule has 0 atom stereocenters. The van der Waals surface area contributed by atoms with Gasteiger partial charge in [-0.2, -0.15) is 0 Å². The average molecular weight is 549 g/mol. The molecule has 0 saturated carbocycles. The van der Waals surface area contributed by atoms with Crippen molar-refractivity contribution in [1.29, 1.82) is 0 Å². The number of hydrogen-bond donors (Lipinski definition) is 2. The molecule has 2 N–H and O–H groups in total. The molecule has 7 heteroatoms. The molecule has 1 aliphatic carbocycles. The SMILES string of the molecule is CCCCCCCCCC[N+](C)(C)Cc1cc(O)c2c(c1)C(=O)c1cc(OC)cc(O)c1C2=O.[Br-]. The number of phenols is 2. The van der Waals surface area contributed by atoms with E-state index >= 15 is 0 Å². The summed E-state index contributed by atoms with van der Waals surface area (Å²) in [6, 6.07) is 6.04. The maximum atomic E-state index is 13.2. The van der Waals surface area contributed by atoms with Crippen LogP contribution in [0.3, 0.4) is 0 Å². The van der Waals surface area contributed by atoms with Crippen LogP contribution in [0.2, 0.25) is 0 Å². The minimum atomic E-state index is -0.554. The predicted molar refractivity (Wildman–Crippen MR) is 133 cm³/mol. The first-order valence-corrected chi connectivity index (χ1v) is 12.4. The van der Waals surface area contributed by atoms with E-state index in [1.165, 1.54) is 64.2 Å². The number of unbranched alkanes of at least 4 members (excludes halogenated alkanes) is 7. The third-order valence-corrected chi connectivity index (χ3v) is 6.68. The Balaban J connectivity index is 0.00000432. The van der Waals surface area contributed by atoms with E-state index in [4.69, 9.17) is 4.74 Å². The molecule has 2 aromatic carbocycles. The molecule has 2 aromatic rings. The van der Waals surface area contributed by atoms with Crippen LogP contribution in [0, 0.1) is 0 Å². The number of ether oxygens (including phenoxy) is 1. The number of carbonyl (C=O) groups excluding carboxylic acids is 2. The Kier molecular flexibility index (Phi) is 10.3. The molecule has 3 rings (SSSR count). The molecule has 0 radical (unpaired) electrons. The summed E-state index contributed by atoms with van der Waals surface area (Å²) >= 11 is 0. The van der Waals surface area contributed by atoms with Crippen molar-refractivity contribution in [3.63, 3.8) is 0 Å². The third-order valence-electron chi connectivity index (χ3n) is 6.68. The van der Waals surface area contributed by atoms with Crippen LogP contribution in [-0.2, 0) is 6.54 Å². The highest BCUT2D eigenvalue weighted by Gasteiger charge is 2.35. The van der Waals surface area contributed by atoms with Gasteiger partial charge in [-0.3, -0.25) is 9.59 Å². The number of quaternary nitrogens is 1. The first-order valence-electron chi connectivity index (χ1n) is 12.4. The van der Waals surface area contributed by atoms with Crippen molar-refractivity contribution in [2.45, 2.75) is 64.8 Å². The molecule has 192 valence electrons.